The average Bonchev–Trinajstić information content (AvgIpc) is 3.61. The molecular formula is C30H41N5O4. The summed E-state index contributed by atoms with van der Waals surface area (Å²) in [5.74, 6) is -0.137. The minimum absolute atomic E-state index is 0.142. The molecule has 2 aromatic rings. The Kier molecular flexibility index (Phi) is 9.44. The number of benzene rings is 1. The summed E-state index contributed by atoms with van der Waals surface area (Å²) in [4.78, 5) is 34.2. The second kappa shape index (κ2) is 13.4. The smallest absolute Gasteiger partial charge is 0.326 e. The van der Waals surface area contributed by atoms with Crippen molar-refractivity contribution in [1.82, 2.24) is 20.1 Å². The number of carbonyl (C=O) groups is 2. The third-order valence-electron chi connectivity index (χ3n) is 8.14. The van der Waals surface area contributed by atoms with E-state index >= 15 is 0 Å². The number of aryl methyl sites for hydroxylation is 1. The molecule has 0 saturated carbocycles. The van der Waals surface area contributed by atoms with Crippen LogP contribution in [0.5, 0.6) is 0 Å². The van der Waals surface area contributed by atoms with E-state index in [2.05, 4.69) is 44.7 Å². The van der Waals surface area contributed by atoms with Crippen molar-refractivity contribution in [2.24, 2.45) is 0 Å². The van der Waals surface area contributed by atoms with Crippen molar-refractivity contribution in [3.63, 3.8) is 0 Å². The number of carboxylic acids is 1. The molecule has 1 amide bonds. The van der Waals surface area contributed by atoms with Crippen LogP contribution in [-0.2, 0) is 33.7 Å². The van der Waals surface area contributed by atoms with Crippen LogP contribution in [0.4, 0.5) is 5.82 Å². The second-order valence-electron chi connectivity index (χ2n) is 11.0. The number of fused-ring (bicyclic) bond motifs is 1. The lowest BCUT2D eigenvalue weighted by Crippen LogP contribution is -2.50. The van der Waals surface area contributed by atoms with Gasteiger partial charge in [-0.25, -0.2) is 9.78 Å². The number of nitrogens with zero attached hydrogens (tertiary/aromatic N) is 3. The van der Waals surface area contributed by atoms with Gasteiger partial charge in [-0.3, -0.25) is 9.69 Å². The fraction of sp³-hybridized carbons (Fsp3) is 0.567. The monoisotopic (exact) mass is 535 g/mol. The summed E-state index contributed by atoms with van der Waals surface area (Å²) in [6, 6.07) is 13.2. The maximum absolute atomic E-state index is 13.1. The highest BCUT2D eigenvalue weighted by molar-refractivity contribution is 5.87. The molecule has 0 radical (unpaired) electrons. The first-order chi connectivity index (χ1) is 19.0. The number of ether oxygens (including phenoxy) is 1. The largest absolute Gasteiger partial charge is 0.480 e. The van der Waals surface area contributed by atoms with Crippen LogP contribution in [0.15, 0.2) is 42.5 Å². The topological polar surface area (TPSA) is 107 Å². The minimum atomic E-state index is -0.977. The van der Waals surface area contributed by atoms with Gasteiger partial charge in [0.2, 0.25) is 5.91 Å². The molecule has 2 saturated heterocycles. The van der Waals surface area contributed by atoms with Gasteiger partial charge in [0.05, 0.1) is 18.8 Å². The summed E-state index contributed by atoms with van der Waals surface area (Å²) < 4.78 is 6.13. The summed E-state index contributed by atoms with van der Waals surface area (Å²) in [5, 5.41) is 16.0. The van der Waals surface area contributed by atoms with Gasteiger partial charge in [0, 0.05) is 44.8 Å². The maximum atomic E-state index is 13.1. The van der Waals surface area contributed by atoms with Crippen LogP contribution < -0.4 is 10.6 Å². The molecule has 3 aliphatic rings. The van der Waals surface area contributed by atoms with Gasteiger partial charge in [-0.15, -0.1) is 0 Å². The van der Waals surface area contributed by atoms with Crippen LogP contribution >= 0.6 is 0 Å². The number of carbonyl (C=O) groups excluding carboxylic acids is 1. The molecule has 9 nitrogen and oxygen atoms in total. The van der Waals surface area contributed by atoms with Crippen LogP contribution in [0.3, 0.4) is 0 Å². The summed E-state index contributed by atoms with van der Waals surface area (Å²) >= 11 is 0. The SMILES string of the molecule is O=C(O)C(CCN1CC[C@@H](OCCc2ccc3c(n2)NCCC3)C1)NC(=O)[C@@H]1CCCN1Cc1ccccc1. The summed E-state index contributed by atoms with van der Waals surface area (Å²) in [7, 11) is 0. The molecule has 1 aromatic heterocycles. The van der Waals surface area contributed by atoms with Crippen molar-refractivity contribution < 1.29 is 19.4 Å². The van der Waals surface area contributed by atoms with Gasteiger partial charge in [-0.1, -0.05) is 36.4 Å². The first kappa shape index (κ1) is 27.6. The Morgan fingerprint density at radius 1 is 1.13 bits per heavy atom. The van der Waals surface area contributed by atoms with Crippen molar-refractivity contribution in [1.29, 1.82) is 0 Å². The van der Waals surface area contributed by atoms with E-state index in [1.54, 1.807) is 0 Å². The van der Waals surface area contributed by atoms with Crippen molar-refractivity contribution in [2.75, 3.05) is 44.6 Å². The van der Waals surface area contributed by atoms with Crippen molar-refractivity contribution in [3.05, 3.63) is 59.3 Å². The van der Waals surface area contributed by atoms with Crippen molar-refractivity contribution >= 4 is 17.7 Å². The number of amides is 1. The third-order valence-corrected chi connectivity index (χ3v) is 8.14. The average molecular weight is 536 g/mol. The van der Waals surface area contributed by atoms with Gasteiger partial charge in [-0.2, -0.15) is 0 Å². The third kappa shape index (κ3) is 7.56. The molecule has 0 aliphatic carbocycles. The standard InChI is InChI=1S/C30H41N5O4/c36-29(27-9-5-16-35(27)20-22-6-2-1-3-7-22)33-26(30(37)38)13-18-34-17-12-25(21-34)39-19-14-24-11-10-23-8-4-15-31-28(23)32-24/h1-3,6-7,10-11,25-27H,4-5,8-9,12-21H2,(H,31,32)(H,33,36)(H,37,38)/t25-,26?,27+/m1/s1. The molecule has 3 N–H and O–H groups in total. The van der Waals surface area contributed by atoms with Crippen LogP contribution in [0.25, 0.3) is 0 Å². The molecule has 5 rings (SSSR count). The number of anilines is 1. The number of likely N-dealkylation sites (tertiary alicyclic amines) is 2. The summed E-state index contributed by atoms with van der Waals surface area (Å²) in [5.41, 5.74) is 3.50. The van der Waals surface area contributed by atoms with E-state index in [0.717, 1.165) is 81.8 Å². The van der Waals surface area contributed by atoms with Gasteiger partial charge >= 0.3 is 5.97 Å². The Morgan fingerprint density at radius 2 is 2.00 bits per heavy atom. The molecule has 3 atom stereocenters. The minimum Gasteiger partial charge on any atom is -0.480 e. The molecule has 4 heterocycles. The molecule has 210 valence electrons. The van der Waals surface area contributed by atoms with Gasteiger partial charge in [-0.05, 0) is 62.3 Å². The van der Waals surface area contributed by atoms with E-state index < -0.39 is 12.0 Å². The predicted molar refractivity (Wildman–Crippen MR) is 150 cm³/mol. The Hall–Kier alpha value is -3.01. The number of hydrogen-bond donors (Lipinski definition) is 3. The lowest BCUT2D eigenvalue weighted by atomic mass is 10.1. The normalized spacial score (nSPS) is 22.3. The van der Waals surface area contributed by atoms with Gasteiger partial charge < -0.3 is 25.4 Å². The molecule has 2 fully saturated rings. The zero-order chi connectivity index (χ0) is 27.0. The molecule has 9 heteroatoms. The number of hydrogen-bond acceptors (Lipinski definition) is 7. The number of nitrogens with one attached hydrogen (secondary N) is 2. The number of rotatable bonds is 12. The van der Waals surface area contributed by atoms with E-state index in [4.69, 9.17) is 9.72 Å². The van der Waals surface area contributed by atoms with Crippen LogP contribution in [0.2, 0.25) is 0 Å². The van der Waals surface area contributed by atoms with E-state index in [1.807, 2.05) is 18.2 Å². The van der Waals surface area contributed by atoms with E-state index in [-0.39, 0.29) is 18.1 Å². The molecular weight excluding hydrogens is 494 g/mol. The first-order valence-corrected chi connectivity index (χ1v) is 14.4. The van der Waals surface area contributed by atoms with Gasteiger partial charge in [0.15, 0.2) is 0 Å². The number of carboxylic acid groups (broad SMARTS) is 1. The van der Waals surface area contributed by atoms with Crippen LogP contribution in [0, 0.1) is 0 Å². The quantitative estimate of drug-likeness (QED) is 0.381. The lowest BCUT2D eigenvalue weighted by molar-refractivity contribution is -0.142. The summed E-state index contributed by atoms with van der Waals surface area (Å²) in [6.07, 6.45) is 6.17. The molecule has 0 bridgehead atoms. The zero-order valence-electron chi connectivity index (χ0n) is 22.7. The van der Waals surface area contributed by atoms with Crippen LogP contribution in [-0.4, -0.2) is 89.3 Å². The van der Waals surface area contributed by atoms with Crippen LogP contribution in [0.1, 0.15) is 48.9 Å². The molecule has 39 heavy (non-hydrogen) atoms. The van der Waals surface area contributed by atoms with Crippen molar-refractivity contribution in [3.8, 4) is 0 Å². The fourth-order valence-electron chi connectivity index (χ4n) is 5.94. The van der Waals surface area contributed by atoms with Gasteiger partial charge in [0.1, 0.15) is 11.9 Å². The molecule has 0 spiro atoms. The summed E-state index contributed by atoms with van der Waals surface area (Å²) in [6.45, 7) is 5.43. The Labute approximate surface area is 230 Å². The number of aromatic nitrogens is 1. The lowest BCUT2D eigenvalue weighted by Gasteiger charge is -2.26. The zero-order valence-corrected chi connectivity index (χ0v) is 22.7. The molecule has 1 aromatic carbocycles. The molecule has 3 aliphatic heterocycles. The van der Waals surface area contributed by atoms with E-state index in [0.29, 0.717) is 26.1 Å². The Bertz CT molecular complexity index is 1110. The Morgan fingerprint density at radius 3 is 2.85 bits per heavy atom. The maximum Gasteiger partial charge on any atom is 0.326 e. The number of aliphatic carboxylic acids is 1. The van der Waals surface area contributed by atoms with E-state index in [9.17, 15) is 14.7 Å². The Balaban J connectivity index is 1.03. The predicted octanol–water partition coefficient (Wildman–Crippen LogP) is 2.70. The second-order valence-corrected chi connectivity index (χ2v) is 11.0. The van der Waals surface area contributed by atoms with Gasteiger partial charge in [0.25, 0.3) is 0 Å². The molecule has 1 unspecified atom stereocenters. The highest BCUT2D eigenvalue weighted by Crippen LogP contribution is 2.22. The highest BCUT2D eigenvalue weighted by Gasteiger charge is 2.33. The highest BCUT2D eigenvalue weighted by atomic mass is 16.5. The van der Waals surface area contributed by atoms with Crippen molar-refractivity contribution in [2.45, 2.75) is 69.7 Å². The number of pyridine rings is 1. The van der Waals surface area contributed by atoms with E-state index in [1.165, 1.54) is 5.56 Å². The fourth-order valence-corrected chi connectivity index (χ4v) is 5.94. The first-order valence-electron chi connectivity index (χ1n) is 14.4.